The summed E-state index contributed by atoms with van der Waals surface area (Å²) < 4.78 is 0. The van der Waals surface area contributed by atoms with Gasteiger partial charge in [-0.2, -0.15) is 0 Å². The highest BCUT2D eigenvalue weighted by molar-refractivity contribution is 5.81. The van der Waals surface area contributed by atoms with E-state index in [1.54, 1.807) is 6.33 Å². The van der Waals surface area contributed by atoms with Crippen molar-refractivity contribution in [2.24, 2.45) is 0 Å². The molecule has 2 aromatic heterocycles. The van der Waals surface area contributed by atoms with Crippen LogP contribution in [0, 0.1) is 0 Å². The van der Waals surface area contributed by atoms with Crippen LogP contribution in [0.4, 0.5) is 5.82 Å². The third-order valence-electron chi connectivity index (χ3n) is 2.77. The lowest BCUT2D eigenvalue weighted by atomic mass is 10.4. The second-order valence-electron chi connectivity index (χ2n) is 4.00. The number of hydrogen-bond donors (Lipinski definition) is 2. The normalized spacial score (nSPS) is 11.2. The van der Waals surface area contributed by atoms with Gasteiger partial charge in [-0.3, -0.25) is 0 Å². The van der Waals surface area contributed by atoms with E-state index in [4.69, 9.17) is 0 Å². The summed E-state index contributed by atoms with van der Waals surface area (Å²) in [5.41, 5.74) is 1.57. The van der Waals surface area contributed by atoms with Crippen LogP contribution in [-0.4, -0.2) is 51.5 Å². The van der Waals surface area contributed by atoms with Crippen LogP contribution in [0.2, 0.25) is 0 Å². The van der Waals surface area contributed by atoms with E-state index in [0.29, 0.717) is 5.65 Å². The van der Waals surface area contributed by atoms with E-state index in [2.05, 4.69) is 44.1 Å². The van der Waals surface area contributed by atoms with Crippen molar-refractivity contribution in [3.63, 3.8) is 0 Å². The van der Waals surface area contributed by atoms with Gasteiger partial charge in [-0.1, -0.05) is 6.92 Å². The molecule has 0 aliphatic carbocycles. The molecule has 2 N–H and O–H groups in total. The van der Waals surface area contributed by atoms with Crippen molar-refractivity contribution in [2.45, 2.75) is 13.3 Å². The summed E-state index contributed by atoms with van der Waals surface area (Å²) >= 11 is 0. The molecule has 0 aliphatic rings. The first-order valence-corrected chi connectivity index (χ1v) is 5.87. The van der Waals surface area contributed by atoms with Crippen molar-refractivity contribution in [2.75, 3.05) is 32.0 Å². The number of rotatable bonds is 6. The Kier molecular flexibility index (Phi) is 3.87. The van der Waals surface area contributed by atoms with Gasteiger partial charge in [0.2, 0.25) is 0 Å². The van der Waals surface area contributed by atoms with E-state index in [-0.39, 0.29) is 0 Å². The van der Waals surface area contributed by atoms with E-state index in [1.807, 2.05) is 0 Å². The van der Waals surface area contributed by atoms with Gasteiger partial charge in [0.05, 0.1) is 6.33 Å². The Hall–Kier alpha value is -1.69. The fourth-order valence-electron chi connectivity index (χ4n) is 1.61. The van der Waals surface area contributed by atoms with Crippen molar-refractivity contribution in [3.05, 3.63) is 12.7 Å². The zero-order valence-electron chi connectivity index (χ0n) is 10.3. The van der Waals surface area contributed by atoms with Crippen LogP contribution < -0.4 is 5.32 Å². The van der Waals surface area contributed by atoms with Crippen LogP contribution in [0.3, 0.4) is 0 Å². The molecule has 0 saturated heterocycles. The lowest BCUT2D eigenvalue weighted by Gasteiger charge is -2.13. The van der Waals surface area contributed by atoms with Crippen LogP contribution in [0.25, 0.3) is 11.2 Å². The van der Waals surface area contributed by atoms with Gasteiger partial charge in [0.1, 0.15) is 11.8 Å². The van der Waals surface area contributed by atoms with Gasteiger partial charge in [-0.15, -0.1) is 0 Å². The highest BCUT2D eigenvalue weighted by Crippen LogP contribution is 2.13. The molecule has 6 nitrogen and oxygen atoms in total. The van der Waals surface area contributed by atoms with Crippen molar-refractivity contribution in [3.8, 4) is 0 Å². The Balaban J connectivity index is 1.88. The third-order valence-corrected chi connectivity index (χ3v) is 2.77. The number of hydrogen-bond acceptors (Lipinski definition) is 5. The van der Waals surface area contributed by atoms with E-state index in [1.165, 1.54) is 6.33 Å². The zero-order valence-corrected chi connectivity index (χ0v) is 10.3. The predicted molar refractivity (Wildman–Crippen MR) is 68.0 cm³/mol. The van der Waals surface area contributed by atoms with Gasteiger partial charge in [0.15, 0.2) is 11.5 Å². The van der Waals surface area contributed by atoms with Crippen molar-refractivity contribution in [1.82, 2.24) is 24.8 Å². The highest BCUT2D eigenvalue weighted by Gasteiger charge is 2.04. The number of anilines is 1. The van der Waals surface area contributed by atoms with Gasteiger partial charge in [-0.25, -0.2) is 15.0 Å². The summed E-state index contributed by atoms with van der Waals surface area (Å²) in [4.78, 5) is 17.7. The number of H-pyrrole nitrogens is 1. The minimum Gasteiger partial charge on any atom is -0.368 e. The molecular formula is C11H18N6. The molecule has 0 saturated carbocycles. The van der Waals surface area contributed by atoms with Crippen molar-refractivity contribution >= 4 is 17.0 Å². The summed E-state index contributed by atoms with van der Waals surface area (Å²) in [5.74, 6) is 0.826. The van der Waals surface area contributed by atoms with E-state index >= 15 is 0 Å². The third kappa shape index (κ3) is 2.91. The second kappa shape index (κ2) is 5.58. The number of nitrogens with zero attached hydrogens (tertiary/aromatic N) is 4. The molecule has 0 atom stereocenters. The van der Waals surface area contributed by atoms with E-state index < -0.39 is 0 Å². The molecule has 2 heterocycles. The summed E-state index contributed by atoms with van der Waals surface area (Å²) in [6.07, 6.45) is 4.25. The summed E-state index contributed by atoms with van der Waals surface area (Å²) in [6, 6.07) is 0. The van der Waals surface area contributed by atoms with E-state index in [9.17, 15) is 0 Å². The Labute approximate surface area is 100 Å². The summed E-state index contributed by atoms with van der Waals surface area (Å²) in [6.45, 7) is 5.22. The molecule has 0 bridgehead atoms. The van der Waals surface area contributed by atoms with Crippen LogP contribution in [0.1, 0.15) is 13.3 Å². The average molecular weight is 234 g/mol. The maximum atomic E-state index is 4.21. The quantitative estimate of drug-likeness (QED) is 0.733. The molecule has 0 fully saturated rings. The first kappa shape index (κ1) is 11.8. The number of nitrogens with one attached hydrogen (secondary N) is 2. The topological polar surface area (TPSA) is 69.7 Å². The molecular weight excluding hydrogens is 216 g/mol. The fraction of sp³-hybridized carbons (Fsp3) is 0.545. The van der Waals surface area contributed by atoms with Gasteiger partial charge < -0.3 is 15.2 Å². The molecule has 0 aromatic carbocycles. The Bertz CT molecular complexity index is 466. The Morgan fingerprint density at radius 2 is 2.24 bits per heavy atom. The summed E-state index contributed by atoms with van der Waals surface area (Å²) in [5, 5.41) is 3.30. The molecule has 17 heavy (non-hydrogen) atoms. The lowest BCUT2D eigenvalue weighted by Crippen LogP contribution is -2.21. The first-order valence-electron chi connectivity index (χ1n) is 5.87. The molecule has 0 radical (unpaired) electrons. The predicted octanol–water partition coefficient (Wildman–Crippen LogP) is 1.11. The van der Waals surface area contributed by atoms with Crippen molar-refractivity contribution < 1.29 is 0 Å². The maximum Gasteiger partial charge on any atom is 0.182 e. The second-order valence-corrected chi connectivity index (χ2v) is 4.00. The van der Waals surface area contributed by atoms with Crippen LogP contribution in [0.5, 0.6) is 0 Å². The average Bonchev–Trinajstić information content (AvgIpc) is 2.83. The molecule has 6 heteroatoms. The van der Waals surface area contributed by atoms with Crippen LogP contribution >= 0.6 is 0 Å². The highest BCUT2D eigenvalue weighted by atomic mass is 15.1. The largest absolute Gasteiger partial charge is 0.368 e. The first-order chi connectivity index (χ1) is 8.31. The number of imidazole rings is 1. The van der Waals surface area contributed by atoms with Gasteiger partial charge in [0.25, 0.3) is 0 Å². The van der Waals surface area contributed by atoms with Gasteiger partial charge in [-0.05, 0) is 26.6 Å². The number of aromatic amines is 1. The monoisotopic (exact) mass is 234 g/mol. The molecule has 2 aromatic rings. The minimum absolute atomic E-state index is 0.702. The van der Waals surface area contributed by atoms with Crippen LogP contribution in [-0.2, 0) is 0 Å². The minimum atomic E-state index is 0.702. The smallest absolute Gasteiger partial charge is 0.182 e. The number of fused-ring (bicyclic) bond motifs is 1. The molecule has 92 valence electrons. The van der Waals surface area contributed by atoms with E-state index in [0.717, 1.165) is 37.4 Å². The molecule has 2 rings (SSSR count). The molecule has 0 spiro atoms. The lowest BCUT2D eigenvalue weighted by molar-refractivity contribution is 0.351. The Morgan fingerprint density at radius 3 is 3.06 bits per heavy atom. The summed E-state index contributed by atoms with van der Waals surface area (Å²) in [7, 11) is 2.12. The van der Waals surface area contributed by atoms with Gasteiger partial charge >= 0.3 is 0 Å². The van der Waals surface area contributed by atoms with Gasteiger partial charge in [0, 0.05) is 6.54 Å². The fourth-order valence-corrected chi connectivity index (χ4v) is 1.61. The van der Waals surface area contributed by atoms with Crippen LogP contribution in [0.15, 0.2) is 12.7 Å². The zero-order chi connectivity index (χ0) is 12.1. The number of aromatic nitrogens is 4. The Morgan fingerprint density at radius 1 is 1.35 bits per heavy atom. The molecule has 0 unspecified atom stereocenters. The standard InChI is InChI=1S/C11H18N6/c1-3-17(2)6-4-5-12-10-9-11(14-7-13-9)16-8-15-10/h7-8H,3-6H2,1-2H3,(H2,12,13,14,15,16). The molecule has 0 amide bonds. The maximum absolute atomic E-state index is 4.21. The van der Waals surface area contributed by atoms with Crippen molar-refractivity contribution in [1.29, 1.82) is 0 Å². The molecule has 0 aliphatic heterocycles. The SMILES string of the molecule is CCN(C)CCCNc1ncnc2nc[nH]c12.